The van der Waals surface area contributed by atoms with E-state index in [1.54, 1.807) is 17.4 Å². The highest BCUT2D eigenvalue weighted by atomic mass is 32.1. The molecule has 8 heteroatoms. The molecule has 0 saturated heterocycles. The normalized spacial score (nSPS) is 14.7. The first-order valence-electron chi connectivity index (χ1n) is 8.49. The highest BCUT2D eigenvalue weighted by molar-refractivity contribution is 7.18. The SMILES string of the molecule is CNCc1c(C(=O)NCC2=C(C)CC=CC(N)=N2)n(C)c2nc(C)sc12. The van der Waals surface area contributed by atoms with E-state index in [1.807, 2.05) is 38.6 Å². The van der Waals surface area contributed by atoms with E-state index in [-0.39, 0.29) is 5.91 Å². The maximum atomic E-state index is 12.9. The molecule has 7 nitrogen and oxygen atoms in total. The predicted octanol–water partition coefficient (Wildman–Crippen LogP) is 1.98. The molecule has 2 aromatic heterocycles. The van der Waals surface area contributed by atoms with Crippen LogP contribution in [0.15, 0.2) is 28.4 Å². The summed E-state index contributed by atoms with van der Waals surface area (Å²) in [5.41, 5.74) is 10.2. The second-order valence-corrected chi connectivity index (χ2v) is 7.56. The van der Waals surface area contributed by atoms with Gasteiger partial charge in [0.1, 0.15) is 11.5 Å². The van der Waals surface area contributed by atoms with Crippen LogP contribution in [0.4, 0.5) is 0 Å². The summed E-state index contributed by atoms with van der Waals surface area (Å²) in [7, 11) is 3.75. The predicted molar refractivity (Wildman–Crippen MR) is 107 cm³/mol. The molecule has 0 spiro atoms. The second-order valence-electron chi connectivity index (χ2n) is 6.35. The Bertz CT molecular complexity index is 947. The lowest BCUT2D eigenvalue weighted by atomic mass is 10.1. The number of amidine groups is 1. The summed E-state index contributed by atoms with van der Waals surface area (Å²) in [5, 5.41) is 7.14. The maximum Gasteiger partial charge on any atom is 0.268 e. The number of carbonyl (C=O) groups excluding carboxylic acids is 1. The minimum atomic E-state index is -0.133. The fraction of sp³-hybridized carbons (Fsp3) is 0.389. The lowest BCUT2D eigenvalue weighted by Crippen LogP contribution is -2.29. The second kappa shape index (κ2) is 7.43. The maximum absolute atomic E-state index is 12.9. The number of thiazole rings is 1. The van der Waals surface area contributed by atoms with Gasteiger partial charge in [-0.2, -0.15) is 0 Å². The van der Waals surface area contributed by atoms with Crippen LogP contribution in [-0.2, 0) is 13.6 Å². The van der Waals surface area contributed by atoms with E-state index in [0.717, 1.165) is 38.6 Å². The third kappa shape index (κ3) is 3.42. The summed E-state index contributed by atoms with van der Waals surface area (Å²) >= 11 is 1.61. The zero-order valence-electron chi connectivity index (χ0n) is 15.5. The molecule has 0 radical (unpaired) electrons. The number of allylic oxidation sites excluding steroid dienone is 2. The minimum Gasteiger partial charge on any atom is -0.384 e. The molecule has 0 aliphatic carbocycles. The van der Waals surface area contributed by atoms with Crippen LogP contribution in [0.2, 0.25) is 0 Å². The highest BCUT2D eigenvalue weighted by Gasteiger charge is 2.23. The van der Waals surface area contributed by atoms with Gasteiger partial charge in [-0.1, -0.05) is 6.08 Å². The lowest BCUT2D eigenvalue weighted by molar-refractivity contribution is 0.0948. The van der Waals surface area contributed by atoms with Crippen molar-refractivity contribution in [1.82, 2.24) is 20.2 Å². The Labute approximate surface area is 156 Å². The van der Waals surface area contributed by atoms with E-state index >= 15 is 0 Å². The summed E-state index contributed by atoms with van der Waals surface area (Å²) in [6.07, 6.45) is 4.56. The molecule has 0 bridgehead atoms. The number of aromatic nitrogens is 2. The smallest absolute Gasteiger partial charge is 0.268 e. The van der Waals surface area contributed by atoms with Crippen molar-refractivity contribution in [2.24, 2.45) is 17.8 Å². The fourth-order valence-corrected chi connectivity index (χ4v) is 4.08. The number of nitrogens with one attached hydrogen (secondary N) is 2. The van der Waals surface area contributed by atoms with Crippen molar-refractivity contribution in [3.05, 3.63) is 39.7 Å². The van der Waals surface area contributed by atoms with Crippen LogP contribution in [0.3, 0.4) is 0 Å². The fourth-order valence-electron chi connectivity index (χ4n) is 3.09. The van der Waals surface area contributed by atoms with Crippen LogP contribution < -0.4 is 16.4 Å². The number of rotatable bonds is 5. The van der Waals surface area contributed by atoms with Gasteiger partial charge in [0.15, 0.2) is 5.65 Å². The van der Waals surface area contributed by atoms with Gasteiger partial charge in [0.2, 0.25) is 0 Å². The molecular formula is C18H24N6OS. The molecule has 0 unspecified atom stereocenters. The van der Waals surface area contributed by atoms with Crippen molar-refractivity contribution in [3.8, 4) is 0 Å². The van der Waals surface area contributed by atoms with Gasteiger partial charge in [-0.15, -0.1) is 11.3 Å². The molecule has 0 aromatic carbocycles. The largest absolute Gasteiger partial charge is 0.384 e. The summed E-state index contributed by atoms with van der Waals surface area (Å²) < 4.78 is 2.93. The summed E-state index contributed by atoms with van der Waals surface area (Å²) in [6.45, 7) is 4.94. The van der Waals surface area contributed by atoms with Crippen LogP contribution in [0.1, 0.15) is 34.4 Å². The molecule has 1 aliphatic heterocycles. The van der Waals surface area contributed by atoms with Gasteiger partial charge >= 0.3 is 0 Å². The number of nitrogens with two attached hydrogens (primary N) is 1. The molecule has 0 atom stereocenters. The van der Waals surface area contributed by atoms with Gasteiger partial charge in [-0.05, 0) is 39.0 Å². The van der Waals surface area contributed by atoms with Gasteiger partial charge in [0.05, 0.1) is 21.9 Å². The number of nitrogens with zero attached hydrogens (tertiary/aromatic N) is 3. The Balaban J connectivity index is 1.88. The monoisotopic (exact) mass is 372 g/mol. The standard InChI is InChI=1S/C18H24N6OS/c1-10-6-5-7-14(19)23-13(10)9-21-18(25)15-12(8-20-3)16-17(24(15)4)22-11(2)26-16/h5,7,20H,6,8-9H2,1-4H3,(H2,19,23)(H,21,25). The molecular weight excluding hydrogens is 348 g/mol. The van der Waals surface area contributed by atoms with Crippen LogP contribution in [-0.4, -0.2) is 34.9 Å². The summed E-state index contributed by atoms with van der Waals surface area (Å²) in [4.78, 5) is 21.9. The zero-order chi connectivity index (χ0) is 18.8. The number of fused-ring (bicyclic) bond motifs is 1. The first-order valence-corrected chi connectivity index (χ1v) is 9.30. The molecule has 3 rings (SSSR count). The van der Waals surface area contributed by atoms with Crippen molar-refractivity contribution >= 4 is 33.4 Å². The van der Waals surface area contributed by atoms with Crippen LogP contribution in [0.25, 0.3) is 10.3 Å². The molecule has 0 saturated carbocycles. The van der Waals surface area contributed by atoms with Crippen molar-refractivity contribution in [2.45, 2.75) is 26.8 Å². The van der Waals surface area contributed by atoms with E-state index in [0.29, 0.717) is 24.6 Å². The van der Waals surface area contributed by atoms with Crippen molar-refractivity contribution in [3.63, 3.8) is 0 Å². The van der Waals surface area contributed by atoms with E-state index in [2.05, 4.69) is 20.6 Å². The molecule has 0 fully saturated rings. The lowest BCUT2D eigenvalue weighted by Gasteiger charge is -2.11. The molecule has 4 N–H and O–H groups in total. The number of aliphatic imine (C=N–C) groups is 1. The highest BCUT2D eigenvalue weighted by Crippen LogP contribution is 2.30. The Morgan fingerprint density at radius 3 is 2.88 bits per heavy atom. The van der Waals surface area contributed by atoms with Gasteiger partial charge in [0.25, 0.3) is 5.91 Å². The average molecular weight is 372 g/mol. The average Bonchev–Trinajstić information content (AvgIpc) is 3.02. The molecule has 1 aliphatic rings. The molecule has 26 heavy (non-hydrogen) atoms. The molecule has 138 valence electrons. The van der Waals surface area contributed by atoms with Gasteiger partial charge in [-0.25, -0.2) is 9.98 Å². The minimum absolute atomic E-state index is 0.133. The van der Waals surface area contributed by atoms with Crippen LogP contribution in [0, 0.1) is 6.92 Å². The topological polar surface area (TPSA) is 97.3 Å². The number of amides is 1. The first-order chi connectivity index (χ1) is 12.4. The number of hydrogen-bond acceptors (Lipinski definition) is 6. The molecule has 2 aromatic rings. The number of hydrogen-bond donors (Lipinski definition) is 3. The Hall–Kier alpha value is -2.45. The third-order valence-corrected chi connectivity index (χ3v) is 5.40. The first kappa shape index (κ1) is 18.3. The van der Waals surface area contributed by atoms with E-state index in [4.69, 9.17) is 5.73 Å². The Morgan fingerprint density at radius 2 is 2.15 bits per heavy atom. The summed E-state index contributed by atoms with van der Waals surface area (Å²) in [6, 6.07) is 0. The Morgan fingerprint density at radius 1 is 1.38 bits per heavy atom. The van der Waals surface area contributed by atoms with Crippen LogP contribution >= 0.6 is 11.3 Å². The third-order valence-electron chi connectivity index (χ3n) is 4.38. The van der Waals surface area contributed by atoms with E-state index in [1.165, 1.54) is 0 Å². The molecule has 1 amide bonds. The van der Waals surface area contributed by atoms with Crippen molar-refractivity contribution in [1.29, 1.82) is 0 Å². The van der Waals surface area contributed by atoms with Crippen molar-refractivity contribution in [2.75, 3.05) is 13.6 Å². The summed E-state index contributed by atoms with van der Waals surface area (Å²) in [5.74, 6) is 0.327. The van der Waals surface area contributed by atoms with Crippen LogP contribution in [0.5, 0.6) is 0 Å². The molecule has 3 heterocycles. The van der Waals surface area contributed by atoms with E-state index in [9.17, 15) is 4.79 Å². The van der Waals surface area contributed by atoms with E-state index < -0.39 is 0 Å². The number of aryl methyl sites for hydroxylation is 2. The van der Waals surface area contributed by atoms with Gasteiger partial charge < -0.3 is 20.9 Å². The van der Waals surface area contributed by atoms with Gasteiger partial charge in [0, 0.05) is 19.2 Å². The Kier molecular flexibility index (Phi) is 5.24. The van der Waals surface area contributed by atoms with Gasteiger partial charge in [-0.3, -0.25) is 4.79 Å². The number of carbonyl (C=O) groups is 1. The zero-order valence-corrected chi connectivity index (χ0v) is 16.3. The van der Waals surface area contributed by atoms with Crippen molar-refractivity contribution < 1.29 is 4.79 Å². The quantitative estimate of drug-likeness (QED) is 0.748.